The Bertz CT molecular complexity index is 1260. The first-order chi connectivity index (χ1) is 16.4. The highest BCUT2D eigenvalue weighted by molar-refractivity contribution is 8.04. The Morgan fingerprint density at radius 2 is 1.97 bits per heavy atom. The second-order valence-electron chi connectivity index (χ2n) is 7.16. The number of alkyl halides is 3. The fourth-order valence-corrected chi connectivity index (χ4v) is 6.28. The van der Waals surface area contributed by atoms with E-state index < -0.39 is 57.8 Å². The third-order valence-electron chi connectivity index (χ3n) is 5.07. The number of carboxylic acid groups (broad SMARTS) is 1. The first-order valence-electron chi connectivity index (χ1n) is 9.45. The highest BCUT2D eigenvalue weighted by Gasteiger charge is 2.54. The van der Waals surface area contributed by atoms with Gasteiger partial charge in [0.05, 0.1) is 6.04 Å². The number of hydrogen-bond acceptors (Lipinski definition) is 13. The van der Waals surface area contributed by atoms with E-state index in [0.29, 0.717) is 9.24 Å². The molecule has 3 unspecified atom stereocenters. The van der Waals surface area contributed by atoms with Crippen LogP contribution in [0.15, 0.2) is 20.1 Å². The molecule has 0 aliphatic carbocycles. The monoisotopic (exact) mass is 550 g/mol. The number of carbonyl (C=O) groups is 3. The molecule has 2 aliphatic rings. The molecule has 2 amide bonds. The minimum absolute atomic E-state index is 0.0430. The number of fused-ring (bicyclic) bond motifs is 1. The smallest absolute Gasteiger partial charge is 0.427 e. The van der Waals surface area contributed by atoms with Crippen molar-refractivity contribution in [1.29, 1.82) is 0 Å². The summed E-state index contributed by atoms with van der Waals surface area (Å²) in [5, 5.41) is 21.5. The Morgan fingerprint density at radius 1 is 1.26 bits per heavy atom. The maximum absolute atomic E-state index is 13.3. The molecule has 6 N–H and O–H groups in total. The van der Waals surface area contributed by atoms with Crippen molar-refractivity contribution in [2.24, 2.45) is 5.18 Å². The maximum Gasteiger partial charge on any atom is 0.427 e. The molecule has 3 atom stereocenters. The van der Waals surface area contributed by atoms with E-state index in [4.69, 9.17) is 11.5 Å². The van der Waals surface area contributed by atoms with Gasteiger partial charge in [-0.1, -0.05) is 34.4 Å². The Labute approximate surface area is 204 Å². The summed E-state index contributed by atoms with van der Waals surface area (Å²) in [6, 6.07) is -4.28. The molecule has 1 saturated heterocycles. The number of hydrogen-bond donors (Lipinski definition) is 4. The molecule has 0 bridgehead atoms. The number of aliphatic carboxylic acids is 1. The van der Waals surface area contributed by atoms with Crippen LogP contribution < -0.4 is 16.8 Å². The van der Waals surface area contributed by atoms with E-state index in [0.717, 1.165) is 28.0 Å². The number of nitrogens with one attached hydrogen (secondary N) is 1. The van der Waals surface area contributed by atoms with Crippen LogP contribution in [-0.2, 0) is 20.6 Å². The van der Waals surface area contributed by atoms with Crippen LogP contribution in [0, 0.1) is 4.91 Å². The number of aromatic nitrogens is 3. The van der Waals surface area contributed by atoms with Gasteiger partial charge in [-0.3, -0.25) is 14.5 Å². The van der Waals surface area contributed by atoms with Gasteiger partial charge >= 0.3 is 12.1 Å². The minimum Gasteiger partial charge on any atom is -0.477 e. The van der Waals surface area contributed by atoms with Crippen LogP contribution in [0.25, 0.3) is 0 Å². The molecule has 2 aliphatic heterocycles. The number of nitrogens with zero attached hydrogens (tertiary/aromatic N) is 5. The summed E-state index contributed by atoms with van der Waals surface area (Å²) in [6.45, 7) is 0. The number of halogens is 3. The molecule has 2 aromatic heterocycles. The molecular weight excluding hydrogens is 537 g/mol. The molecule has 186 valence electrons. The fourth-order valence-electron chi connectivity index (χ4n) is 3.69. The molecule has 0 aromatic carbocycles. The molecule has 0 radical (unpaired) electrons. The number of nitrogen functional groups attached to an aromatic ring is 2. The number of nitrogens with two attached hydrogens (primary N) is 2. The highest BCUT2D eigenvalue weighted by Crippen LogP contribution is 2.44. The van der Waals surface area contributed by atoms with Gasteiger partial charge in [-0.25, -0.2) is 9.78 Å². The predicted octanol–water partition coefficient (Wildman–Crippen LogP) is 1.56. The summed E-state index contributed by atoms with van der Waals surface area (Å²) < 4.78 is 40.1. The van der Waals surface area contributed by atoms with Gasteiger partial charge in [0.1, 0.15) is 22.3 Å². The van der Waals surface area contributed by atoms with Gasteiger partial charge in [0, 0.05) is 4.91 Å². The summed E-state index contributed by atoms with van der Waals surface area (Å²) >= 11 is 2.06. The van der Waals surface area contributed by atoms with E-state index >= 15 is 0 Å². The second kappa shape index (κ2) is 9.04. The number of carbonyl (C=O) groups excluding carboxylic acids is 2. The summed E-state index contributed by atoms with van der Waals surface area (Å²) in [6.07, 6.45) is -4.52. The Morgan fingerprint density at radius 3 is 2.54 bits per heavy atom. The number of thioether (sulfide) groups is 1. The summed E-state index contributed by atoms with van der Waals surface area (Å²) in [5.74, 6) is -3.50. The van der Waals surface area contributed by atoms with Crippen LogP contribution in [0.5, 0.6) is 0 Å². The zero-order chi connectivity index (χ0) is 25.7. The van der Waals surface area contributed by atoms with E-state index in [9.17, 15) is 37.6 Å². The molecule has 1 fully saturated rings. The average Bonchev–Trinajstić information content (AvgIpc) is 3.37. The average molecular weight is 551 g/mol. The van der Waals surface area contributed by atoms with Crippen molar-refractivity contribution in [1.82, 2.24) is 25.4 Å². The van der Waals surface area contributed by atoms with Crippen LogP contribution in [0.2, 0.25) is 0 Å². The van der Waals surface area contributed by atoms with Crippen LogP contribution in [0.1, 0.15) is 29.5 Å². The van der Waals surface area contributed by atoms with Crippen molar-refractivity contribution in [3.63, 3.8) is 0 Å². The quantitative estimate of drug-likeness (QED) is 0.287. The maximum atomic E-state index is 13.3. The lowest BCUT2D eigenvalue weighted by molar-refractivity contribution is -0.156. The zero-order valence-corrected chi connectivity index (χ0v) is 19.4. The number of anilines is 2. The van der Waals surface area contributed by atoms with Crippen molar-refractivity contribution >= 4 is 62.5 Å². The van der Waals surface area contributed by atoms with Gasteiger partial charge in [-0.2, -0.15) is 13.2 Å². The van der Waals surface area contributed by atoms with Gasteiger partial charge in [0.25, 0.3) is 11.8 Å². The lowest BCUT2D eigenvalue weighted by Gasteiger charge is -2.50. The fraction of sp³-hybridized carbons (Fsp3) is 0.375. The lowest BCUT2D eigenvalue weighted by atomic mass is 9.86. The van der Waals surface area contributed by atoms with Crippen molar-refractivity contribution in [3.8, 4) is 0 Å². The lowest BCUT2D eigenvalue weighted by Crippen LogP contribution is -2.71. The van der Waals surface area contributed by atoms with E-state index in [1.165, 1.54) is 0 Å². The number of allylic oxidation sites excluding steroid dienone is 1. The Kier molecular flexibility index (Phi) is 6.40. The number of nitroso groups, excluding NO2 is 1. The molecule has 35 heavy (non-hydrogen) atoms. The number of carboxylic acids is 1. The first kappa shape index (κ1) is 24.8. The molecule has 4 rings (SSSR count). The van der Waals surface area contributed by atoms with E-state index in [2.05, 4.69) is 25.7 Å². The second-order valence-corrected chi connectivity index (χ2v) is 10.5. The topological polar surface area (TPSA) is 207 Å². The van der Waals surface area contributed by atoms with Gasteiger partial charge in [-0.05, 0) is 18.0 Å². The standard InChI is InChI=1S/C16H13F3N8O5S3/c17-16(18,19)9-6(23-13(20)34-9)7(26-32)10(28)22-5-3-1-2-4(33-15-25-24-14(21)35-15)8(12(30)31)27(3)11(5)29/h3,5,7H,1-2H2,(H2,20,23)(H2,21,24)(H,22,28)(H,30,31). The van der Waals surface area contributed by atoms with Crippen molar-refractivity contribution in [2.75, 3.05) is 11.5 Å². The molecule has 0 spiro atoms. The summed E-state index contributed by atoms with van der Waals surface area (Å²) in [5.41, 5.74) is 9.57. The zero-order valence-electron chi connectivity index (χ0n) is 17.0. The highest BCUT2D eigenvalue weighted by atomic mass is 32.2. The summed E-state index contributed by atoms with van der Waals surface area (Å²) in [7, 11) is 0. The largest absolute Gasteiger partial charge is 0.477 e. The molecule has 13 nitrogen and oxygen atoms in total. The third kappa shape index (κ3) is 4.52. The van der Waals surface area contributed by atoms with Crippen LogP contribution in [0.3, 0.4) is 0 Å². The molecule has 4 heterocycles. The number of thiazole rings is 1. The van der Waals surface area contributed by atoms with Crippen LogP contribution in [0.4, 0.5) is 23.4 Å². The van der Waals surface area contributed by atoms with Crippen molar-refractivity contribution in [3.05, 3.63) is 26.1 Å². The normalized spacial score (nSPS) is 20.8. The summed E-state index contributed by atoms with van der Waals surface area (Å²) in [4.78, 5) is 52.0. The molecule has 0 saturated carbocycles. The molecule has 2 aromatic rings. The predicted molar refractivity (Wildman–Crippen MR) is 117 cm³/mol. The molecular formula is C16H13F3N8O5S3. The Hall–Kier alpha value is -3.32. The first-order valence-corrected chi connectivity index (χ1v) is 11.9. The van der Waals surface area contributed by atoms with Gasteiger partial charge in [0.2, 0.25) is 11.2 Å². The van der Waals surface area contributed by atoms with E-state index in [1.807, 2.05) is 0 Å². The Balaban J connectivity index is 1.54. The van der Waals surface area contributed by atoms with E-state index in [1.54, 1.807) is 0 Å². The third-order valence-corrected chi connectivity index (χ3v) is 7.96. The number of rotatable bonds is 7. The number of amides is 2. The van der Waals surface area contributed by atoms with Crippen LogP contribution in [-0.4, -0.2) is 55.1 Å². The molecule has 19 heteroatoms. The van der Waals surface area contributed by atoms with Gasteiger partial charge < -0.3 is 21.9 Å². The van der Waals surface area contributed by atoms with Crippen LogP contribution >= 0.6 is 34.4 Å². The van der Waals surface area contributed by atoms with Gasteiger partial charge in [0.15, 0.2) is 9.47 Å². The van der Waals surface area contributed by atoms with Gasteiger partial charge in [-0.15, -0.1) is 15.1 Å². The minimum atomic E-state index is -4.94. The van der Waals surface area contributed by atoms with Crippen molar-refractivity contribution < 1.29 is 32.7 Å². The van der Waals surface area contributed by atoms with E-state index in [-0.39, 0.29) is 35.0 Å². The number of β-lactam (4-membered cyclic amide) rings is 1. The SMILES string of the molecule is Nc1nnc(SC2=C(C(=O)O)N3C(=O)C(NC(=O)C(N=O)c4nc(N)sc4C(F)(F)F)C3CC2)s1. The van der Waals surface area contributed by atoms with Crippen molar-refractivity contribution in [2.45, 2.75) is 41.5 Å².